The van der Waals surface area contributed by atoms with Gasteiger partial charge in [-0.3, -0.25) is 4.48 Å². The Balaban J connectivity index is 1.65. The lowest BCUT2D eigenvalue weighted by Gasteiger charge is -2.33. The summed E-state index contributed by atoms with van der Waals surface area (Å²) in [5.74, 6) is -0.702. The summed E-state index contributed by atoms with van der Waals surface area (Å²) < 4.78 is 16.2. The quantitative estimate of drug-likeness (QED) is 0.554. The first kappa shape index (κ1) is 21.6. The summed E-state index contributed by atoms with van der Waals surface area (Å²) in [4.78, 5) is 24.6. The number of carbonyl (C=O) groups excluding carboxylic acids is 2. The minimum Gasteiger partial charge on any atom is -0.454 e. The van der Waals surface area contributed by atoms with Crippen molar-refractivity contribution < 1.29 is 33.4 Å². The molecule has 1 saturated heterocycles. The monoisotopic (exact) mass is 406 g/mol. The van der Waals surface area contributed by atoms with E-state index in [1.54, 1.807) is 19.1 Å². The van der Waals surface area contributed by atoms with Crippen molar-refractivity contribution in [1.29, 1.82) is 0 Å². The summed E-state index contributed by atoms with van der Waals surface area (Å²) in [5.41, 5.74) is -1.02. The SMILES string of the molecule is CCOC(=O)OC[N+]1(C)CCC(OC(=O)[C@](O)(c2ccccc2)C2CCCC2)C1. The minimum atomic E-state index is -1.62. The first-order valence-corrected chi connectivity index (χ1v) is 10.5. The van der Waals surface area contributed by atoms with Gasteiger partial charge in [-0.05, 0) is 25.3 Å². The highest BCUT2D eigenvalue weighted by atomic mass is 16.7. The van der Waals surface area contributed by atoms with Gasteiger partial charge in [0.1, 0.15) is 6.54 Å². The van der Waals surface area contributed by atoms with E-state index in [1.165, 1.54) is 0 Å². The van der Waals surface area contributed by atoms with Crippen molar-refractivity contribution in [3.05, 3.63) is 35.9 Å². The zero-order chi connectivity index (χ0) is 20.9. The Morgan fingerprint density at radius 2 is 1.83 bits per heavy atom. The number of nitrogens with zero attached hydrogens (tertiary/aromatic N) is 1. The second kappa shape index (κ2) is 9.13. The van der Waals surface area contributed by atoms with Crippen LogP contribution < -0.4 is 0 Å². The van der Waals surface area contributed by atoms with Crippen molar-refractivity contribution in [3.8, 4) is 0 Å². The largest absolute Gasteiger partial charge is 0.512 e. The number of hydrogen-bond donors (Lipinski definition) is 1. The molecule has 7 nitrogen and oxygen atoms in total. The molecule has 29 heavy (non-hydrogen) atoms. The number of esters is 1. The van der Waals surface area contributed by atoms with Gasteiger partial charge >= 0.3 is 12.1 Å². The van der Waals surface area contributed by atoms with Crippen LogP contribution in [0, 0.1) is 5.92 Å². The third kappa shape index (κ3) is 4.90. The van der Waals surface area contributed by atoms with E-state index in [-0.39, 0.29) is 25.4 Å². The Kier molecular flexibility index (Phi) is 6.80. The fourth-order valence-corrected chi connectivity index (χ4v) is 4.51. The topological polar surface area (TPSA) is 82.1 Å². The fourth-order valence-electron chi connectivity index (χ4n) is 4.51. The summed E-state index contributed by atoms with van der Waals surface area (Å²) >= 11 is 0. The summed E-state index contributed by atoms with van der Waals surface area (Å²) in [6.45, 7) is 3.40. The Bertz CT molecular complexity index is 705. The average molecular weight is 406 g/mol. The van der Waals surface area contributed by atoms with Crippen LogP contribution >= 0.6 is 0 Å². The summed E-state index contributed by atoms with van der Waals surface area (Å²) in [5, 5.41) is 11.5. The highest BCUT2D eigenvalue weighted by Crippen LogP contribution is 2.42. The van der Waals surface area contributed by atoms with Gasteiger partial charge in [0.05, 0.1) is 20.2 Å². The molecule has 0 radical (unpaired) electrons. The molecule has 1 saturated carbocycles. The number of benzene rings is 1. The van der Waals surface area contributed by atoms with Crippen LogP contribution in [-0.2, 0) is 24.6 Å². The zero-order valence-corrected chi connectivity index (χ0v) is 17.3. The normalized spacial score (nSPS) is 26.7. The van der Waals surface area contributed by atoms with E-state index in [0.717, 1.165) is 25.7 Å². The van der Waals surface area contributed by atoms with Crippen molar-refractivity contribution in [2.45, 2.75) is 50.7 Å². The molecule has 0 spiro atoms. The van der Waals surface area contributed by atoms with Crippen LogP contribution in [0.4, 0.5) is 4.79 Å². The Morgan fingerprint density at radius 3 is 2.48 bits per heavy atom. The van der Waals surface area contributed by atoms with Crippen LogP contribution in [0.1, 0.15) is 44.6 Å². The van der Waals surface area contributed by atoms with Crippen LogP contribution in [0.3, 0.4) is 0 Å². The van der Waals surface area contributed by atoms with Gasteiger partial charge in [0.25, 0.3) is 0 Å². The van der Waals surface area contributed by atoms with Gasteiger partial charge in [-0.2, -0.15) is 0 Å². The minimum absolute atomic E-state index is 0.133. The van der Waals surface area contributed by atoms with Gasteiger partial charge in [-0.15, -0.1) is 0 Å². The van der Waals surface area contributed by atoms with Crippen LogP contribution in [0.5, 0.6) is 0 Å². The van der Waals surface area contributed by atoms with E-state index in [9.17, 15) is 14.7 Å². The Morgan fingerprint density at radius 1 is 1.14 bits per heavy atom. The Labute approximate surface area is 172 Å². The van der Waals surface area contributed by atoms with Gasteiger partial charge in [0, 0.05) is 12.3 Å². The fraction of sp³-hybridized carbons (Fsp3) is 0.636. The number of hydrogen-bond acceptors (Lipinski definition) is 6. The molecule has 3 rings (SSSR count). The molecule has 0 bridgehead atoms. The van der Waals surface area contributed by atoms with E-state index in [1.807, 2.05) is 25.2 Å². The van der Waals surface area contributed by atoms with E-state index in [4.69, 9.17) is 14.2 Å². The molecule has 1 N–H and O–H groups in total. The molecular weight excluding hydrogens is 374 g/mol. The van der Waals surface area contributed by atoms with Crippen LogP contribution in [0.25, 0.3) is 0 Å². The van der Waals surface area contributed by atoms with Gasteiger partial charge in [-0.1, -0.05) is 43.2 Å². The van der Waals surface area contributed by atoms with E-state index in [2.05, 4.69) is 0 Å². The molecule has 3 atom stereocenters. The molecular formula is C22H32NO6+. The number of likely N-dealkylation sites (tertiary alicyclic amines) is 1. The maximum atomic E-state index is 13.2. The number of rotatable bonds is 7. The third-order valence-electron chi connectivity index (χ3n) is 6.14. The summed E-state index contributed by atoms with van der Waals surface area (Å²) in [6.07, 6.45) is 3.29. The summed E-state index contributed by atoms with van der Waals surface area (Å²) in [7, 11) is 1.95. The van der Waals surface area contributed by atoms with E-state index < -0.39 is 17.7 Å². The van der Waals surface area contributed by atoms with Gasteiger partial charge in [0.15, 0.2) is 11.7 Å². The van der Waals surface area contributed by atoms with Crippen LogP contribution in [0.2, 0.25) is 0 Å². The predicted octanol–water partition coefficient (Wildman–Crippen LogP) is 2.96. The third-order valence-corrected chi connectivity index (χ3v) is 6.14. The number of ether oxygens (including phenoxy) is 3. The molecule has 0 aromatic heterocycles. The molecule has 7 heteroatoms. The molecule has 0 amide bonds. The predicted molar refractivity (Wildman–Crippen MR) is 106 cm³/mol. The van der Waals surface area contributed by atoms with Crippen molar-refractivity contribution in [2.75, 3.05) is 33.5 Å². The number of aliphatic hydroxyl groups is 1. The second-order valence-electron chi connectivity index (χ2n) is 8.41. The maximum Gasteiger partial charge on any atom is 0.512 e. The number of carbonyl (C=O) groups is 2. The lowest BCUT2D eigenvalue weighted by atomic mass is 9.80. The van der Waals surface area contributed by atoms with Crippen molar-refractivity contribution in [1.82, 2.24) is 0 Å². The molecule has 160 valence electrons. The van der Waals surface area contributed by atoms with Gasteiger partial charge in [-0.25, -0.2) is 9.59 Å². The maximum absolute atomic E-state index is 13.2. The van der Waals surface area contributed by atoms with Crippen molar-refractivity contribution >= 4 is 12.1 Å². The molecule has 2 aliphatic rings. The molecule has 1 aromatic carbocycles. The smallest absolute Gasteiger partial charge is 0.454 e. The number of likely N-dealkylation sites (N-methyl/N-ethyl adjacent to an activating group) is 1. The highest BCUT2D eigenvalue weighted by molar-refractivity contribution is 5.81. The van der Waals surface area contributed by atoms with E-state index >= 15 is 0 Å². The van der Waals surface area contributed by atoms with Gasteiger partial charge in [0.2, 0.25) is 6.73 Å². The molecule has 1 heterocycles. The van der Waals surface area contributed by atoms with Gasteiger partial charge < -0.3 is 19.3 Å². The average Bonchev–Trinajstić information content (AvgIpc) is 3.38. The molecule has 2 unspecified atom stereocenters. The van der Waals surface area contributed by atoms with Crippen LogP contribution in [-0.4, -0.2) is 61.3 Å². The standard InChI is InChI=1S/C22H32NO6/c1-3-27-21(25)28-16-23(2)14-13-19(15-23)29-20(24)22(26,18-11-7-8-12-18)17-9-5-4-6-10-17/h4-6,9-10,18-19,26H,3,7-8,11-16H2,1-2H3/q+1/t19?,22-,23?/m0/s1. The first-order chi connectivity index (χ1) is 13.9. The van der Waals surface area contributed by atoms with Crippen molar-refractivity contribution in [3.63, 3.8) is 0 Å². The molecule has 2 fully saturated rings. The Hall–Kier alpha value is -2.12. The first-order valence-electron chi connectivity index (χ1n) is 10.5. The van der Waals surface area contributed by atoms with Crippen LogP contribution in [0.15, 0.2) is 30.3 Å². The zero-order valence-electron chi connectivity index (χ0n) is 17.3. The second-order valence-corrected chi connectivity index (χ2v) is 8.41. The number of quaternary nitrogens is 1. The van der Waals surface area contributed by atoms with Crippen molar-refractivity contribution in [2.24, 2.45) is 5.92 Å². The van der Waals surface area contributed by atoms with E-state index in [0.29, 0.717) is 29.6 Å². The molecule has 1 aliphatic heterocycles. The highest BCUT2D eigenvalue weighted by Gasteiger charge is 2.49. The lowest BCUT2D eigenvalue weighted by molar-refractivity contribution is -0.915. The lowest BCUT2D eigenvalue weighted by Crippen LogP contribution is -2.47. The molecule has 1 aliphatic carbocycles. The molecule has 1 aromatic rings. The summed E-state index contributed by atoms with van der Waals surface area (Å²) in [6, 6.07) is 9.12.